The normalized spacial score (nSPS) is 33.4. The number of rotatable bonds is 4. The van der Waals surface area contributed by atoms with Crippen molar-refractivity contribution in [2.45, 2.75) is 37.7 Å². The number of halogens is 5. The molecule has 2 rings (SSSR count). The van der Waals surface area contributed by atoms with E-state index in [0.29, 0.717) is 0 Å². The van der Waals surface area contributed by atoms with Gasteiger partial charge in [-0.15, -0.1) is 12.4 Å². The van der Waals surface area contributed by atoms with Crippen molar-refractivity contribution in [1.29, 1.82) is 0 Å². The van der Waals surface area contributed by atoms with E-state index in [2.05, 4.69) is 0 Å². The van der Waals surface area contributed by atoms with E-state index in [0.717, 1.165) is 19.3 Å². The molecule has 2 fully saturated rings. The number of hydrogen-bond acceptors (Lipinski definition) is 2. The fourth-order valence-corrected chi connectivity index (χ4v) is 3.12. The summed E-state index contributed by atoms with van der Waals surface area (Å²) >= 11 is 0. The van der Waals surface area contributed by atoms with Gasteiger partial charge in [-0.25, -0.2) is 8.78 Å². The zero-order chi connectivity index (χ0) is 13.5. The maximum Gasteiger partial charge on any atom is 0.324 e. The molecular weight excluding hydrogens is 288 g/mol. The van der Waals surface area contributed by atoms with Gasteiger partial charge >= 0.3 is 12.3 Å². The Balaban J connectivity index is 0.00000180. The summed E-state index contributed by atoms with van der Waals surface area (Å²) in [7, 11) is 0. The van der Waals surface area contributed by atoms with Crippen LogP contribution in [0, 0.1) is 17.8 Å². The summed E-state index contributed by atoms with van der Waals surface area (Å²) in [6.07, 6.45) is -1.11. The van der Waals surface area contributed by atoms with Gasteiger partial charge in [-0.05, 0) is 31.1 Å². The summed E-state index contributed by atoms with van der Waals surface area (Å²) in [4.78, 5) is 11.7. The van der Waals surface area contributed by atoms with E-state index < -0.39 is 30.7 Å². The molecule has 2 saturated carbocycles. The Labute approximate surface area is 114 Å². The van der Waals surface area contributed by atoms with Gasteiger partial charge in [0.25, 0.3) is 0 Å². The first-order chi connectivity index (χ1) is 8.33. The molecule has 4 unspecified atom stereocenters. The van der Waals surface area contributed by atoms with Crippen LogP contribution in [0.2, 0.25) is 0 Å². The van der Waals surface area contributed by atoms with E-state index in [1.54, 1.807) is 0 Å². The Hall–Kier alpha value is -0.560. The van der Waals surface area contributed by atoms with Crippen LogP contribution in [0.1, 0.15) is 19.3 Å². The Morgan fingerprint density at radius 2 is 1.89 bits per heavy atom. The minimum Gasteiger partial charge on any atom is -0.350 e. The van der Waals surface area contributed by atoms with Crippen LogP contribution >= 0.6 is 12.4 Å². The third kappa shape index (κ3) is 3.13. The highest BCUT2D eigenvalue weighted by molar-refractivity contribution is 5.85. The van der Waals surface area contributed by atoms with E-state index in [9.17, 15) is 22.4 Å². The van der Waals surface area contributed by atoms with E-state index >= 15 is 0 Å². The van der Waals surface area contributed by atoms with Gasteiger partial charge < -0.3 is 11.1 Å². The lowest BCUT2D eigenvalue weighted by Crippen LogP contribution is -2.49. The number of nitrogens with two attached hydrogens (primary N) is 1. The van der Waals surface area contributed by atoms with Crippen molar-refractivity contribution in [3.05, 3.63) is 0 Å². The number of nitrogens with one attached hydrogen (secondary N) is 1. The molecule has 2 aliphatic carbocycles. The van der Waals surface area contributed by atoms with Crippen LogP contribution in [0.3, 0.4) is 0 Å². The third-order valence-corrected chi connectivity index (χ3v) is 4.10. The summed E-state index contributed by atoms with van der Waals surface area (Å²) in [5.41, 5.74) is 5.87. The molecule has 112 valence electrons. The molecule has 19 heavy (non-hydrogen) atoms. The van der Waals surface area contributed by atoms with Crippen LogP contribution < -0.4 is 11.1 Å². The lowest BCUT2D eigenvalue weighted by molar-refractivity contribution is -0.140. The number of hydrogen-bond donors (Lipinski definition) is 2. The number of alkyl halides is 4. The van der Waals surface area contributed by atoms with Crippen LogP contribution in [-0.2, 0) is 4.79 Å². The zero-order valence-electron chi connectivity index (χ0n) is 10.1. The highest BCUT2D eigenvalue weighted by Crippen LogP contribution is 2.47. The number of carbonyl (C=O) groups is 1. The fraction of sp³-hybridized carbons (Fsp3) is 0.909. The first kappa shape index (κ1) is 16.5. The van der Waals surface area contributed by atoms with Crippen molar-refractivity contribution in [2.24, 2.45) is 23.5 Å². The number of carbonyl (C=O) groups excluding carboxylic acids is 1. The predicted molar refractivity (Wildman–Crippen MR) is 63.5 cm³/mol. The van der Waals surface area contributed by atoms with Crippen LogP contribution in [0.4, 0.5) is 17.6 Å². The van der Waals surface area contributed by atoms with Gasteiger partial charge in [0.1, 0.15) is 0 Å². The maximum atomic E-state index is 12.7. The second-order valence-electron chi connectivity index (χ2n) is 5.22. The second-order valence-corrected chi connectivity index (χ2v) is 5.22. The highest BCUT2D eigenvalue weighted by atomic mass is 35.5. The van der Waals surface area contributed by atoms with Crippen molar-refractivity contribution < 1.29 is 22.4 Å². The van der Waals surface area contributed by atoms with Crippen molar-refractivity contribution in [2.75, 3.05) is 6.54 Å². The van der Waals surface area contributed by atoms with Crippen LogP contribution in [0.15, 0.2) is 0 Å². The molecule has 1 amide bonds. The average Bonchev–Trinajstić information content (AvgIpc) is 2.86. The molecule has 0 radical (unpaired) electrons. The summed E-state index contributed by atoms with van der Waals surface area (Å²) in [5.74, 6) is -4.92. The van der Waals surface area contributed by atoms with E-state index in [1.807, 2.05) is 5.32 Å². The van der Waals surface area contributed by atoms with E-state index in [1.165, 1.54) is 0 Å². The molecule has 3 N–H and O–H groups in total. The Kier molecular flexibility index (Phi) is 5.06. The Morgan fingerprint density at radius 3 is 2.37 bits per heavy atom. The van der Waals surface area contributed by atoms with Crippen LogP contribution in [-0.4, -0.2) is 30.8 Å². The summed E-state index contributed by atoms with van der Waals surface area (Å²) in [5, 5.41) is 1.91. The van der Waals surface area contributed by atoms with E-state index in [4.69, 9.17) is 5.73 Å². The second kappa shape index (κ2) is 5.83. The van der Waals surface area contributed by atoms with Crippen molar-refractivity contribution in [1.82, 2.24) is 5.32 Å². The predicted octanol–water partition coefficient (Wildman–Crippen LogP) is 1.80. The Bertz CT molecular complexity index is 341. The molecular formula is C11H17ClF4N2O. The SMILES string of the molecule is Cl.NC1C2CCC(C2)C1C(=O)NCC(F)(F)C(F)F. The van der Waals surface area contributed by atoms with Gasteiger partial charge in [0.05, 0.1) is 12.5 Å². The molecule has 8 heteroatoms. The topological polar surface area (TPSA) is 55.1 Å². The van der Waals surface area contributed by atoms with Gasteiger partial charge in [0, 0.05) is 6.04 Å². The molecule has 2 aliphatic rings. The van der Waals surface area contributed by atoms with Crippen molar-refractivity contribution >= 4 is 18.3 Å². The molecule has 3 nitrogen and oxygen atoms in total. The standard InChI is InChI=1S/C11H16F4N2O.ClH/c12-10(13)11(14,15)4-17-9(18)7-5-1-2-6(3-5)8(7)16;/h5-8,10H,1-4,16H2,(H,17,18);1H. The van der Waals surface area contributed by atoms with Gasteiger partial charge in [-0.2, -0.15) is 8.78 Å². The lowest BCUT2D eigenvalue weighted by Gasteiger charge is -2.27. The first-order valence-electron chi connectivity index (χ1n) is 6.02. The smallest absolute Gasteiger partial charge is 0.324 e. The quantitative estimate of drug-likeness (QED) is 0.778. The average molecular weight is 305 g/mol. The van der Waals surface area contributed by atoms with Gasteiger partial charge in [0.2, 0.25) is 5.91 Å². The lowest BCUT2D eigenvalue weighted by atomic mass is 9.84. The molecule has 0 aromatic heterocycles. The summed E-state index contributed by atoms with van der Waals surface area (Å²) in [6, 6.07) is -0.330. The van der Waals surface area contributed by atoms with Gasteiger partial charge in [-0.1, -0.05) is 0 Å². The maximum absolute atomic E-state index is 12.7. The zero-order valence-corrected chi connectivity index (χ0v) is 10.9. The molecule has 0 heterocycles. The first-order valence-corrected chi connectivity index (χ1v) is 6.02. The molecule has 0 aromatic carbocycles. The van der Waals surface area contributed by atoms with Crippen LogP contribution in [0.5, 0.6) is 0 Å². The molecule has 0 aromatic rings. The number of fused-ring (bicyclic) bond motifs is 2. The minimum atomic E-state index is -4.18. The molecule has 0 aliphatic heterocycles. The molecule has 0 saturated heterocycles. The largest absolute Gasteiger partial charge is 0.350 e. The minimum absolute atomic E-state index is 0. The molecule has 4 atom stereocenters. The third-order valence-electron chi connectivity index (χ3n) is 4.10. The number of amides is 1. The molecule has 2 bridgehead atoms. The van der Waals surface area contributed by atoms with Gasteiger partial charge in [0.15, 0.2) is 0 Å². The monoisotopic (exact) mass is 304 g/mol. The van der Waals surface area contributed by atoms with Crippen LogP contribution in [0.25, 0.3) is 0 Å². The summed E-state index contributed by atoms with van der Waals surface area (Å²) in [6.45, 7) is -1.33. The van der Waals surface area contributed by atoms with Crippen molar-refractivity contribution in [3.63, 3.8) is 0 Å². The van der Waals surface area contributed by atoms with E-state index in [-0.39, 0.29) is 30.3 Å². The fourth-order valence-electron chi connectivity index (χ4n) is 3.12. The highest BCUT2D eigenvalue weighted by Gasteiger charge is 2.50. The Morgan fingerprint density at radius 1 is 1.32 bits per heavy atom. The molecule has 0 spiro atoms. The van der Waals surface area contributed by atoms with Crippen molar-refractivity contribution in [3.8, 4) is 0 Å². The summed E-state index contributed by atoms with van der Waals surface area (Å²) < 4.78 is 49.2. The van der Waals surface area contributed by atoms with Gasteiger partial charge in [-0.3, -0.25) is 4.79 Å².